The molecule has 2 rings (SSSR count). The third-order valence-electron chi connectivity index (χ3n) is 1.74. The molecule has 1 aliphatic rings. The first kappa shape index (κ1) is 8.49. The van der Waals surface area contributed by atoms with Crippen LogP contribution in [-0.2, 0) is 0 Å². The highest BCUT2D eigenvalue weighted by Crippen LogP contribution is 2.19. The van der Waals surface area contributed by atoms with Crippen LogP contribution in [0, 0.1) is 0 Å². The van der Waals surface area contributed by atoms with E-state index in [-0.39, 0.29) is 12.4 Å². The summed E-state index contributed by atoms with van der Waals surface area (Å²) in [6.07, 6.45) is 3.75. The molecule has 62 valence electrons. The molecule has 0 radical (unpaired) electrons. The zero-order valence-corrected chi connectivity index (χ0v) is 6.80. The zero-order chi connectivity index (χ0) is 6.81. The van der Waals surface area contributed by atoms with Gasteiger partial charge in [0.2, 0.25) is 5.89 Å². The second-order valence-corrected chi connectivity index (χ2v) is 2.43. The molecule has 1 atom stereocenters. The average Bonchev–Trinajstić information content (AvgIpc) is 2.59. The fraction of sp³-hybridized carbons (Fsp3) is 0.667. The summed E-state index contributed by atoms with van der Waals surface area (Å²) in [6.45, 7) is 1.06. The van der Waals surface area contributed by atoms with Gasteiger partial charge in [-0.05, 0) is 19.4 Å². The Balaban J connectivity index is 0.000000605. The SMILES string of the molecule is Cl.c1noc(C2CCCN2)n1. The Bertz CT molecular complexity index is 196. The molecule has 0 amide bonds. The third kappa shape index (κ3) is 1.70. The van der Waals surface area contributed by atoms with Crippen LogP contribution in [0.5, 0.6) is 0 Å². The Hall–Kier alpha value is -0.610. The van der Waals surface area contributed by atoms with E-state index in [0.717, 1.165) is 18.9 Å². The van der Waals surface area contributed by atoms with E-state index in [4.69, 9.17) is 4.52 Å². The van der Waals surface area contributed by atoms with Gasteiger partial charge in [0.1, 0.15) is 0 Å². The lowest BCUT2D eigenvalue weighted by atomic mass is 10.2. The van der Waals surface area contributed by atoms with Crippen molar-refractivity contribution < 1.29 is 4.52 Å². The van der Waals surface area contributed by atoms with Crippen molar-refractivity contribution in [3.63, 3.8) is 0 Å². The number of halogens is 1. The molecule has 1 fully saturated rings. The van der Waals surface area contributed by atoms with E-state index in [0.29, 0.717) is 6.04 Å². The van der Waals surface area contributed by atoms with Gasteiger partial charge in [-0.1, -0.05) is 5.16 Å². The predicted molar refractivity (Wildman–Crippen MR) is 41.5 cm³/mol. The van der Waals surface area contributed by atoms with Crippen LogP contribution in [0.1, 0.15) is 24.8 Å². The van der Waals surface area contributed by atoms with Crippen molar-refractivity contribution in [3.8, 4) is 0 Å². The van der Waals surface area contributed by atoms with Gasteiger partial charge in [-0.3, -0.25) is 0 Å². The lowest BCUT2D eigenvalue weighted by Gasteiger charge is -2.00. The highest BCUT2D eigenvalue weighted by molar-refractivity contribution is 5.85. The summed E-state index contributed by atoms with van der Waals surface area (Å²) in [4.78, 5) is 3.96. The van der Waals surface area contributed by atoms with Gasteiger partial charge in [-0.25, -0.2) is 0 Å². The monoisotopic (exact) mass is 175 g/mol. The van der Waals surface area contributed by atoms with Gasteiger partial charge in [-0.15, -0.1) is 12.4 Å². The molecule has 1 aliphatic heterocycles. The molecule has 1 aromatic rings. The molecular weight excluding hydrogens is 166 g/mol. The van der Waals surface area contributed by atoms with E-state index in [1.54, 1.807) is 0 Å². The van der Waals surface area contributed by atoms with Crippen LogP contribution in [0.15, 0.2) is 10.9 Å². The normalized spacial score (nSPS) is 23.1. The van der Waals surface area contributed by atoms with Crippen molar-refractivity contribution in [2.75, 3.05) is 6.54 Å². The first-order valence-corrected chi connectivity index (χ1v) is 3.47. The molecule has 1 N–H and O–H groups in total. The van der Waals surface area contributed by atoms with Crippen molar-refractivity contribution >= 4 is 12.4 Å². The summed E-state index contributed by atoms with van der Waals surface area (Å²) in [5.41, 5.74) is 0. The topological polar surface area (TPSA) is 51.0 Å². The Kier molecular flexibility index (Phi) is 2.84. The lowest BCUT2D eigenvalue weighted by molar-refractivity contribution is 0.344. The second kappa shape index (κ2) is 3.69. The van der Waals surface area contributed by atoms with E-state index in [2.05, 4.69) is 15.5 Å². The third-order valence-corrected chi connectivity index (χ3v) is 1.74. The van der Waals surface area contributed by atoms with Crippen LogP contribution in [-0.4, -0.2) is 16.7 Å². The Labute approximate surface area is 70.8 Å². The highest BCUT2D eigenvalue weighted by Gasteiger charge is 2.20. The minimum atomic E-state index is 0. The summed E-state index contributed by atoms with van der Waals surface area (Å²) in [5.74, 6) is 0.720. The predicted octanol–water partition coefficient (Wildman–Crippen LogP) is 0.916. The largest absolute Gasteiger partial charge is 0.338 e. The molecule has 1 saturated heterocycles. The molecule has 0 spiro atoms. The van der Waals surface area contributed by atoms with E-state index in [1.807, 2.05) is 0 Å². The van der Waals surface area contributed by atoms with Gasteiger partial charge in [0, 0.05) is 0 Å². The fourth-order valence-electron chi connectivity index (χ4n) is 1.23. The van der Waals surface area contributed by atoms with Gasteiger partial charge in [0.05, 0.1) is 6.04 Å². The zero-order valence-electron chi connectivity index (χ0n) is 5.99. The number of nitrogens with zero attached hydrogens (tertiary/aromatic N) is 2. The van der Waals surface area contributed by atoms with E-state index in [9.17, 15) is 0 Å². The first-order chi connectivity index (χ1) is 4.97. The standard InChI is InChI=1S/C6H9N3O.ClH/c1-2-5(7-3-1)6-8-4-9-10-6;/h4-5,7H,1-3H2;1H. The first-order valence-electron chi connectivity index (χ1n) is 3.47. The second-order valence-electron chi connectivity index (χ2n) is 2.43. The molecule has 0 aliphatic carbocycles. The maximum atomic E-state index is 4.89. The maximum absolute atomic E-state index is 4.89. The minimum absolute atomic E-state index is 0. The molecule has 4 nitrogen and oxygen atoms in total. The maximum Gasteiger partial charge on any atom is 0.243 e. The number of hydrogen-bond donors (Lipinski definition) is 1. The number of nitrogens with one attached hydrogen (secondary N) is 1. The molecule has 0 saturated carbocycles. The molecule has 0 bridgehead atoms. The molecule has 11 heavy (non-hydrogen) atoms. The molecule has 5 heteroatoms. The fourth-order valence-corrected chi connectivity index (χ4v) is 1.23. The van der Waals surface area contributed by atoms with E-state index in [1.165, 1.54) is 12.7 Å². The average molecular weight is 176 g/mol. The van der Waals surface area contributed by atoms with Crippen molar-refractivity contribution in [2.45, 2.75) is 18.9 Å². The number of rotatable bonds is 1. The van der Waals surface area contributed by atoms with Crippen molar-refractivity contribution in [1.82, 2.24) is 15.5 Å². The number of hydrogen-bond acceptors (Lipinski definition) is 4. The van der Waals surface area contributed by atoms with Crippen LogP contribution in [0.4, 0.5) is 0 Å². The van der Waals surface area contributed by atoms with Crippen LogP contribution in [0.25, 0.3) is 0 Å². The summed E-state index contributed by atoms with van der Waals surface area (Å²) >= 11 is 0. The Morgan fingerprint density at radius 1 is 1.64 bits per heavy atom. The van der Waals surface area contributed by atoms with Crippen molar-refractivity contribution in [3.05, 3.63) is 12.2 Å². The summed E-state index contributed by atoms with van der Waals surface area (Å²) < 4.78 is 4.89. The Morgan fingerprint density at radius 2 is 2.55 bits per heavy atom. The molecule has 1 unspecified atom stereocenters. The van der Waals surface area contributed by atoms with Gasteiger partial charge in [-0.2, -0.15) is 4.98 Å². The number of aromatic nitrogens is 2. The molecule has 0 aromatic carbocycles. The molecule has 2 heterocycles. The van der Waals surface area contributed by atoms with Gasteiger partial charge in [0.25, 0.3) is 0 Å². The van der Waals surface area contributed by atoms with Crippen molar-refractivity contribution in [1.29, 1.82) is 0 Å². The van der Waals surface area contributed by atoms with E-state index >= 15 is 0 Å². The van der Waals surface area contributed by atoms with Gasteiger partial charge < -0.3 is 9.84 Å². The van der Waals surface area contributed by atoms with Gasteiger partial charge in [0.15, 0.2) is 6.33 Å². The minimum Gasteiger partial charge on any atom is -0.338 e. The highest BCUT2D eigenvalue weighted by atomic mass is 35.5. The Morgan fingerprint density at radius 3 is 3.09 bits per heavy atom. The van der Waals surface area contributed by atoms with Crippen LogP contribution < -0.4 is 5.32 Å². The van der Waals surface area contributed by atoms with Crippen LogP contribution in [0.2, 0.25) is 0 Å². The van der Waals surface area contributed by atoms with E-state index < -0.39 is 0 Å². The lowest BCUT2D eigenvalue weighted by Crippen LogP contribution is -2.12. The summed E-state index contributed by atoms with van der Waals surface area (Å²) in [7, 11) is 0. The van der Waals surface area contributed by atoms with Crippen LogP contribution in [0.3, 0.4) is 0 Å². The summed E-state index contributed by atoms with van der Waals surface area (Å²) in [6, 6.07) is 0.308. The molecule has 1 aromatic heterocycles. The quantitative estimate of drug-likeness (QED) is 0.690. The smallest absolute Gasteiger partial charge is 0.243 e. The molecular formula is C6H10ClN3O. The van der Waals surface area contributed by atoms with Crippen LogP contribution >= 0.6 is 12.4 Å². The van der Waals surface area contributed by atoms with Gasteiger partial charge >= 0.3 is 0 Å². The summed E-state index contributed by atoms with van der Waals surface area (Å²) in [5, 5.41) is 6.80. The van der Waals surface area contributed by atoms with Crippen molar-refractivity contribution in [2.24, 2.45) is 0 Å².